The van der Waals surface area contributed by atoms with E-state index in [4.69, 9.17) is 0 Å². The summed E-state index contributed by atoms with van der Waals surface area (Å²) >= 11 is 0. The van der Waals surface area contributed by atoms with Crippen molar-refractivity contribution in [1.29, 1.82) is 0 Å². The first-order valence-electron chi connectivity index (χ1n) is 6.97. The molecule has 4 heteroatoms. The van der Waals surface area contributed by atoms with Gasteiger partial charge in [-0.05, 0) is 25.2 Å². The highest BCUT2D eigenvalue weighted by Crippen LogP contribution is 2.16. The molecule has 2 atom stereocenters. The standard InChI is InChI=1S/C14H23FN2O/c1-12-4-2-8-17(10-12)14(18)5-3-7-16-9-6-13(15)11-16/h3,5,12-13H,2,4,6-11H2,1H3/b5-3+. The van der Waals surface area contributed by atoms with Crippen molar-refractivity contribution >= 4 is 5.91 Å². The summed E-state index contributed by atoms with van der Waals surface area (Å²) in [4.78, 5) is 15.9. The number of alkyl halides is 1. The molecule has 2 rings (SSSR count). The van der Waals surface area contributed by atoms with Crippen molar-refractivity contribution in [3.05, 3.63) is 12.2 Å². The molecule has 2 unspecified atom stereocenters. The van der Waals surface area contributed by atoms with Gasteiger partial charge in [0.2, 0.25) is 5.91 Å². The topological polar surface area (TPSA) is 23.6 Å². The molecule has 2 fully saturated rings. The quantitative estimate of drug-likeness (QED) is 0.718. The van der Waals surface area contributed by atoms with E-state index in [1.54, 1.807) is 6.08 Å². The third kappa shape index (κ3) is 3.80. The van der Waals surface area contributed by atoms with Gasteiger partial charge < -0.3 is 4.90 Å². The number of carbonyl (C=O) groups excluding carboxylic acids is 1. The van der Waals surface area contributed by atoms with Crippen LogP contribution in [0.15, 0.2) is 12.2 Å². The van der Waals surface area contributed by atoms with Crippen molar-refractivity contribution in [3.63, 3.8) is 0 Å². The molecule has 0 spiro atoms. The van der Waals surface area contributed by atoms with Crippen LogP contribution in [0.5, 0.6) is 0 Å². The summed E-state index contributed by atoms with van der Waals surface area (Å²) in [5.74, 6) is 0.722. The van der Waals surface area contributed by atoms with Crippen molar-refractivity contribution < 1.29 is 9.18 Å². The van der Waals surface area contributed by atoms with Crippen LogP contribution in [0.1, 0.15) is 26.2 Å². The van der Waals surface area contributed by atoms with Crippen LogP contribution in [0, 0.1) is 5.92 Å². The summed E-state index contributed by atoms with van der Waals surface area (Å²) < 4.78 is 13.0. The zero-order chi connectivity index (χ0) is 13.0. The fourth-order valence-corrected chi connectivity index (χ4v) is 2.75. The molecule has 0 aromatic heterocycles. The minimum absolute atomic E-state index is 0.109. The molecule has 102 valence electrons. The highest BCUT2D eigenvalue weighted by atomic mass is 19.1. The molecule has 0 aromatic rings. The van der Waals surface area contributed by atoms with Crippen molar-refractivity contribution in [2.24, 2.45) is 5.92 Å². The summed E-state index contributed by atoms with van der Waals surface area (Å²) in [7, 11) is 0. The van der Waals surface area contributed by atoms with Gasteiger partial charge in [-0.3, -0.25) is 9.69 Å². The van der Waals surface area contributed by atoms with E-state index in [0.717, 1.165) is 26.1 Å². The number of carbonyl (C=O) groups is 1. The maximum atomic E-state index is 13.0. The summed E-state index contributed by atoms with van der Waals surface area (Å²) in [5.41, 5.74) is 0. The molecule has 0 aliphatic carbocycles. The average Bonchev–Trinajstić information content (AvgIpc) is 2.75. The highest BCUT2D eigenvalue weighted by Gasteiger charge is 2.21. The van der Waals surface area contributed by atoms with Crippen LogP contribution < -0.4 is 0 Å². The molecule has 0 saturated carbocycles. The van der Waals surface area contributed by atoms with E-state index in [1.807, 2.05) is 15.9 Å². The average molecular weight is 254 g/mol. The van der Waals surface area contributed by atoms with E-state index in [2.05, 4.69) is 6.92 Å². The number of halogens is 1. The predicted molar refractivity (Wildman–Crippen MR) is 70.1 cm³/mol. The largest absolute Gasteiger partial charge is 0.339 e. The van der Waals surface area contributed by atoms with Crippen molar-refractivity contribution in [2.75, 3.05) is 32.7 Å². The van der Waals surface area contributed by atoms with Crippen molar-refractivity contribution in [1.82, 2.24) is 9.80 Å². The molecule has 2 aliphatic rings. The molecular weight excluding hydrogens is 231 g/mol. The van der Waals surface area contributed by atoms with Gasteiger partial charge in [-0.2, -0.15) is 0 Å². The van der Waals surface area contributed by atoms with Gasteiger partial charge >= 0.3 is 0 Å². The van der Waals surface area contributed by atoms with Gasteiger partial charge in [-0.1, -0.05) is 13.0 Å². The minimum Gasteiger partial charge on any atom is -0.339 e. The molecule has 3 nitrogen and oxygen atoms in total. The minimum atomic E-state index is -0.683. The number of hydrogen-bond acceptors (Lipinski definition) is 2. The Morgan fingerprint density at radius 2 is 2.17 bits per heavy atom. The van der Waals surface area contributed by atoms with Crippen LogP contribution in [0.3, 0.4) is 0 Å². The lowest BCUT2D eigenvalue weighted by Gasteiger charge is -2.30. The van der Waals surface area contributed by atoms with E-state index in [9.17, 15) is 9.18 Å². The third-order valence-corrected chi connectivity index (χ3v) is 3.81. The number of amides is 1. The normalized spacial score (nSPS) is 30.2. The summed E-state index contributed by atoms with van der Waals surface area (Å²) in [6.45, 7) is 5.95. The van der Waals surface area contributed by atoms with Gasteiger partial charge in [0.15, 0.2) is 0 Å². The number of likely N-dealkylation sites (tertiary alicyclic amines) is 2. The summed E-state index contributed by atoms with van der Waals surface area (Å²) in [5, 5.41) is 0. The van der Waals surface area contributed by atoms with Gasteiger partial charge in [0, 0.05) is 38.8 Å². The zero-order valence-electron chi connectivity index (χ0n) is 11.1. The van der Waals surface area contributed by atoms with Crippen molar-refractivity contribution in [2.45, 2.75) is 32.4 Å². The fraction of sp³-hybridized carbons (Fsp3) is 0.786. The molecule has 0 bridgehead atoms. The van der Waals surface area contributed by atoms with E-state index in [-0.39, 0.29) is 5.91 Å². The second-order valence-corrected chi connectivity index (χ2v) is 5.58. The molecule has 2 saturated heterocycles. The number of nitrogens with zero attached hydrogens (tertiary/aromatic N) is 2. The van der Waals surface area contributed by atoms with Gasteiger partial charge in [-0.15, -0.1) is 0 Å². The molecule has 2 aliphatic heterocycles. The second kappa shape index (κ2) is 6.32. The molecule has 0 aromatic carbocycles. The lowest BCUT2D eigenvalue weighted by molar-refractivity contribution is -0.127. The van der Waals surface area contributed by atoms with Crippen LogP contribution in [-0.2, 0) is 4.79 Å². The Kier molecular flexibility index (Phi) is 4.75. The zero-order valence-corrected chi connectivity index (χ0v) is 11.1. The second-order valence-electron chi connectivity index (χ2n) is 5.58. The Balaban J connectivity index is 1.73. The number of hydrogen-bond donors (Lipinski definition) is 0. The number of piperidine rings is 1. The summed E-state index contributed by atoms with van der Waals surface area (Å²) in [6.07, 6.45) is 5.81. The maximum absolute atomic E-state index is 13.0. The highest BCUT2D eigenvalue weighted by molar-refractivity contribution is 5.87. The molecule has 2 heterocycles. The Hall–Kier alpha value is -0.900. The van der Waals surface area contributed by atoms with Gasteiger partial charge in [0.25, 0.3) is 0 Å². The lowest BCUT2D eigenvalue weighted by Crippen LogP contribution is -2.38. The first kappa shape index (κ1) is 13.5. The van der Waals surface area contributed by atoms with Crippen LogP contribution in [0.4, 0.5) is 4.39 Å². The van der Waals surface area contributed by atoms with Crippen LogP contribution in [0.2, 0.25) is 0 Å². The maximum Gasteiger partial charge on any atom is 0.246 e. The smallest absolute Gasteiger partial charge is 0.246 e. The molecule has 0 radical (unpaired) electrons. The Morgan fingerprint density at radius 1 is 1.33 bits per heavy atom. The number of rotatable bonds is 3. The first-order valence-corrected chi connectivity index (χ1v) is 6.97. The van der Waals surface area contributed by atoms with Gasteiger partial charge in [-0.25, -0.2) is 4.39 Å². The van der Waals surface area contributed by atoms with Crippen molar-refractivity contribution in [3.8, 4) is 0 Å². The third-order valence-electron chi connectivity index (χ3n) is 3.81. The van der Waals surface area contributed by atoms with Crippen LogP contribution in [0.25, 0.3) is 0 Å². The Morgan fingerprint density at radius 3 is 2.83 bits per heavy atom. The van der Waals surface area contributed by atoms with E-state index in [0.29, 0.717) is 25.4 Å². The molecular formula is C14H23FN2O. The molecule has 18 heavy (non-hydrogen) atoms. The van der Waals surface area contributed by atoms with Gasteiger partial charge in [0.05, 0.1) is 0 Å². The summed E-state index contributed by atoms with van der Waals surface area (Å²) in [6, 6.07) is 0. The fourth-order valence-electron chi connectivity index (χ4n) is 2.75. The van der Waals surface area contributed by atoms with Gasteiger partial charge in [0.1, 0.15) is 6.17 Å². The Labute approximate surface area is 109 Å². The van der Waals surface area contributed by atoms with E-state index < -0.39 is 6.17 Å². The van der Waals surface area contributed by atoms with E-state index in [1.165, 1.54) is 6.42 Å². The first-order chi connectivity index (χ1) is 8.65. The van der Waals surface area contributed by atoms with Crippen LogP contribution in [-0.4, -0.2) is 54.6 Å². The van der Waals surface area contributed by atoms with E-state index >= 15 is 0 Å². The lowest BCUT2D eigenvalue weighted by atomic mass is 10.0. The monoisotopic (exact) mass is 254 g/mol. The van der Waals surface area contributed by atoms with Crippen LogP contribution >= 0.6 is 0 Å². The Bertz CT molecular complexity index is 319. The predicted octanol–water partition coefficient (Wildman–Crippen LogP) is 1.84. The SMILES string of the molecule is CC1CCCN(C(=O)/C=C/CN2CCC(F)C2)C1. The molecule has 1 amide bonds. The molecule has 0 N–H and O–H groups in total.